The summed E-state index contributed by atoms with van der Waals surface area (Å²) >= 11 is 3.43. The molecule has 0 aliphatic heterocycles. The minimum Gasteiger partial charge on any atom is -0.158 e. The van der Waals surface area contributed by atoms with Gasteiger partial charge in [0.05, 0.1) is 6.21 Å². The Morgan fingerprint density at radius 1 is 0.696 bits per heavy atom. The number of hydrogen-bond donors (Lipinski definition) is 0. The van der Waals surface area contributed by atoms with E-state index in [0.29, 0.717) is 0 Å². The fourth-order valence-electron chi connectivity index (χ4n) is 2.18. The minimum atomic E-state index is 0.861. The first kappa shape index (κ1) is 15.4. The Bertz CT molecular complexity index is 766. The Hall–Kier alpha value is -2.52. The molecule has 3 aromatic rings. The summed E-state index contributed by atoms with van der Waals surface area (Å²) in [5.41, 5.74) is 3.97. The van der Waals surface area contributed by atoms with Crippen LogP contribution >= 0.6 is 15.9 Å². The van der Waals surface area contributed by atoms with Crippen LogP contribution in [0.4, 0.5) is 0 Å². The lowest BCUT2D eigenvalue weighted by Gasteiger charge is -2.05. The molecule has 0 bridgehead atoms. The zero-order valence-electron chi connectivity index (χ0n) is 12.4. The van der Waals surface area contributed by atoms with Crippen LogP contribution in [0.15, 0.2) is 99.6 Å². The molecule has 0 spiro atoms. The Morgan fingerprint density at radius 3 is 1.74 bits per heavy atom. The number of nitrogens with zero attached hydrogens (tertiary/aromatic N) is 2. The van der Waals surface area contributed by atoms with E-state index in [4.69, 9.17) is 0 Å². The Balaban J connectivity index is 1.93. The molecule has 0 N–H and O–H groups in total. The monoisotopic (exact) mass is 362 g/mol. The van der Waals surface area contributed by atoms with Crippen LogP contribution in [0.2, 0.25) is 0 Å². The molecule has 2 nitrogen and oxygen atoms in total. The highest BCUT2D eigenvalue weighted by Gasteiger charge is 2.05. The zero-order chi connectivity index (χ0) is 15.9. The molecule has 0 saturated carbocycles. The van der Waals surface area contributed by atoms with Crippen molar-refractivity contribution in [3.8, 4) is 0 Å². The molecule has 0 amide bonds. The highest BCUT2D eigenvalue weighted by atomic mass is 79.9. The molecule has 112 valence electrons. The van der Waals surface area contributed by atoms with E-state index in [1.165, 1.54) is 0 Å². The lowest BCUT2D eigenvalue weighted by atomic mass is 10.0. The van der Waals surface area contributed by atoms with Crippen LogP contribution in [0.5, 0.6) is 0 Å². The highest BCUT2D eigenvalue weighted by Crippen LogP contribution is 2.12. The average Bonchev–Trinajstić information content (AvgIpc) is 2.62. The summed E-state index contributed by atoms with van der Waals surface area (Å²) in [7, 11) is 0. The Kier molecular flexibility index (Phi) is 5.12. The maximum atomic E-state index is 4.46. The Labute approximate surface area is 144 Å². The van der Waals surface area contributed by atoms with Gasteiger partial charge in [-0.15, -0.1) is 5.10 Å². The van der Waals surface area contributed by atoms with Gasteiger partial charge >= 0.3 is 0 Å². The first-order valence-electron chi connectivity index (χ1n) is 7.30. The smallest absolute Gasteiger partial charge is 0.100 e. The number of benzene rings is 3. The molecule has 0 aliphatic rings. The summed E-state index contributed by atoms with van der Waals surface area (Å²) in [6, 6.07) is 28.2. The van der Waals surface area contributed by atoms with Gasteiger partial charge in [0.15, 0.2) is 0 Å². The van der Waals surface area contributed by atoms with E-state index >= 15 is 0 Å². The lowest BCUT2D eigenvalue weighted by molar-refractivity contribution is 1.24. The van der Waals surface area contributed by atoms with Crippen molar-refractivity contribution in [1.29, 1.82) is 0 Å². The summed E-state index contributed by atoms with van der Waals surface area (Å²) in [5, 5.41) is 8.73. The van der Waals surface area contributed by atoms with Gasteiger partial charge in [-0.2, -0.15) is 5.10 Å². The van der Waals surface area contributed by atoms with Crippen LogP contribution in [0, 0.1) is 0 Å². The van der Waals surface area contributed by atoms with E-state index in [2.05, 4.69) is 26.1 Å². The third-order valence-corrected chi connectivity index (χ3v) is 3.86. The van der Waals surface area contributed by atoms with Crippen molar-refractivity contribution >= 4 is 27.9 Å². The predicted octanol–water partition coefficient (Wildman–Crippen LogP) is 5.32. The van der Waals surface area contributed by atoms with Gasteiger partial charge in [-0.3, -0.25) is 0 Å². The molecule has 3 heteroatoms. The van der Waals surface area contributed by atoms with Crippen molar-refractivity contribution < 1.29 is 0 Å². The maximum absolute atomic E-state index is 4.46. The van der Waals surface area contributed by atoms with Crippen LogP contribution in [0.1, 0.15) is 16.7 Å². The largest absolute Gasteiger partial charge is 0.158 e. The molecule has 0 aliphatic carbocycles. The number of hydrogen-bond acceptors (Lipinski definition) is 2. The maximum Gasteiger partial charge on any atom is 0.100 e. The Morgan fingerprint density at radius 2 is 1.22 bits per heavy atom. The first-order chi connectivity index (χ1) is 11.3. The van der Waals surface area contributed by atoms with Crippen LogP contribution in [-0.4, -0.2) is 11.9 Å². The topological polar surface area (TPSA) is 24.7 Å². The molecule has 0 saturated heterocycles. The second kappa shape index (κ2) is 7.65. The summed E-state index contributed by atoms with van der Waals surface area (Å²) in [5.74, 6) is 0. The lowest BCUT2D eigenvalue weighted by Crippen LogP contribution is -2.02. The van der Waals surface area contributed by atoms with E-state index in [9.17, 15) is 0 Å². The molecule has 0 heterocycles. The van der Waals surface area contributed by atoms with Crippen molar-refractivity contribution in [2.45, 2.75) is 0 Å². The standard InChI is InChI=1S/C20H15BrN2/c21-19-13-11-16(12-14-19)15-22-23-20(17-7-3-1-4-8-17)18-9-5-2-6-10-18/h1-15H. The molecule has 0 atom stereocenters. The predicted molar refractivity (Wildman–Crippen MR) is 100 cm³/mol. The molecule has 3 rings (SSSR count). The second-order valence-corrected chi connectivity index (χ2v) is 5.89. The van der Waals surface area contributed by atoms with Crippen molar-refractivity contribution in [1.82, 2.24) is 0 Å². The first-order valence-corrected chi connectivity index (χ1v) is 8.10. The summed E-state index contributed by atoms with van der Waals surface area (Å²) in [6.07, 6.45) is 1.76. The van der Waals surface area contributed by atoms with Gasteiger partial charge in [0.1, 0.15) is 5.71 Å². The van der Waals surface area contributed by atoms with Crippen LogP contribution in [0.25, 0.3) is 0 Å². The minimum absolute atomic E-state index is 0.861. The highest BCUT2D eigenvalue weighted by molar-refractivity contribution is 9.10. The van der Waals surface area contributed by atoms with Gasteiger partial charge in [0, 0.05) is 15.6 Å². The van der Waals surface area contributed by atoms with Gasteiger partial charge in [-0.05, 0) is 17.7 Å². The van der Waals surface area contributed by atoms with Gasteiger partial charge in [0.25, 0.3) is 0 Å². The normalized spacial score (nSPS) is 10.7. The molecule has 0 fully saturated rings. The van der Waals surface area contributed by atoms with Gasteiger partial charge in [-0.25, -0.2) is 0 Å². The van der Waals surface area contributed by atoms with Gasteiger partial charge in [0.2, 0.25) is 0 Å². The SMILES string of the molecule is Brc1ccc(C=NN=C(c2ccccc2)c2ccccc2)cc1. The average molecular weight is 363 g/mol. The molecule has 0 aromatic heterocycles. The molecular weight excluding hydrogens is 348 g/mol. The van der Waals surface area contributed by atoms with Gasteiger partial charge in [-0.1, -0.05) is 88.7 Å². The fourth-order valence-corrected chi connectivity index (χ4v) is 2.44. The van der Waals surface area contributed by atoms with Crippen LogP contribution < -0.4 is 0 Å². The van der Waals surface area contributed by atoms with Crippen molar-refractivity contribution in [2.24, 2.45) is 10.2 Å². The summed E-state index contributed by atoms with van der Waals surface area (Å²) in [6.45, 7) is 0. The van der Waals surface area contributed by atoms with E-state index in [-0.39, 0.29) is 0 Å². The van der Waals surface area contributed by atoms with Crippen molar-refractivity contribution in [3.63, 3.8) is 0 Å². The second-order valence-electron chi connectivity index (χ2n) is 4.98. The third kappa shape index (κ3) is 4.24. The molecule has 0 unspecified atom stereocenters. The van der Waals surface area contributed by atoms with E-state index in [1.54, 1.807) is 6.21 Å². The van der Waals surface area contributed by atoms with Crippen LogP contribution in [0.3, 0.4) is 0 Å². The van der Waals surface area contributed by atoms with E-state index in [0.717, 1.165) is 26.9 Å². The summed E-state index contributed by atoms with van der Waals surface area (Å²) < 4.78 is 1.05. The molecular formula is C20H15BrN2. The van der Waals surface area contributed by atoms with Crippen molar-refractivity contribution in [2.75, 3.05) is 0 Å². The summed E-state index contributed by atoms with van der Waals surface area (Å²) in [4.78, 5) is 0. The van der Waals surface area contributed by atoms with E-state index in [1.807, 2.05) is 84.9 Å². The molecule has 0 radical (unpaired) electrons. The number of halogens is 1. The van der Waals surface area contributed by atoms with Gasteiger partial charge < -0.3 is 0 Å². The third-order valence-electron chi connectivity index (χ3n) is 3.33. The zero-order valence-corrected chi connectivity index (χ0v) is 14.0. The molecule has 23 heavy (non-hydrogen) atoms. The van der Waals surface area contributed by atoms with Crippen molar-refractivity contribution in [3.05, 3.63) is 106 Å². The molecule has 3 aromatic carbocycles. The van der Waals surface area contributed by atoms with E-state index < -0.39 is 0 Å². The number of rotatable bonds is 4. The quantitative estimate of drug-likeness (QED) is 0.443. The van der Waals surface area contributed by atoms with Crippen LogP contribution in [-0.2, 0) is 0 Å². The fraction of sp³-hybridized carbons (Fsp3) is 0.